The highest BCUT2D eigenvalue weighted by atomic mass is 35.5. The van der Waals surface area contributed by atoms with Crippen LogP contribution < -0.4 is 15.4 Å². The van der Waals surface area contributed by atoms with Gasteiger partial charge in [-0.25, -0.2) is 19.2 Å². The number of fused-ring (bicyclic) bond motifs is 2. The molecule has 0 saturated carbocycles. The Morgan fingerprint density at radius 1 is 1.07 bits per heavy atom. The third-order valence-corrected chi connectivity index (χ3v) is 4.52. The molecule has 1 aliphatic rings. The van der Waals surface area contributed by atoms with Crippen molar-refractivity contribution in [1.82, 2.24) is 9.97 Å². The summed E-state index contributed by atoms with van der Waals surface area (Å²) in [5, 5.41) is 6.36. The molecular weight excluding hydrogens is 387 g/mol. The molecule has 1 aliphatic heterocycles. The van der Waals surface area contributed by atoms with E-state index in [1.54, 1.807) is 0 Å². The summed E-state index contributed by atoms with van der Waals surface area (Å²) in [4.78, 5) is 21.0. The zero-order valence-corrected chi connectivity index (χ0v) is 15.6. The molecule has 0 amide bonds. The number of para-hydroxylation sites is 2. The summed E-state index contributed by atoms with van der Waals surface area (Å²) in [6.07, 6.45) is 0. The first-order valence-corrected chi connectivity index (χ1v) is 8.57. The molecule has 2 aromatic carbocycles. The summed E-state index contributed by atoms with van der Waals surface area (Å²) in [5.41, 5.74) is 1.85. The van der Waals surface area contributed by atoms with E-state index in [0.29, 0.717) is 11.5 Å². The molecule has 9 heteroatoms. The molecule has 1 aromatic heterocycles. The summed E-state index contributed by atoms with van der Waals surface area (Å²) in [7, 11) is 2.55. The fourth-order valence-corrected chi connectivity index (χ4v) is 3.11. The van der Waals surface area contributed by atoms with Gasteiger partial charge in [-0.05, 0) is 24.3 Å². The van der Waals surface area contributed by atoms with E-state index in [1.165, 1.54) is 26.4 Å². The van der Waals surface area contributed by atoms with Gasteiger partial charge in [-0.2, -0.15) is 0 Å². The van der Waals surface area contributed by atoms with E-state index in [1.807, 2.05) is 24.3 Å². The van der Waals surface area contributed by atoms with Gasteiger partial charge in [0.15, 0.2) is 28.9 Å². The van der Waals surface area contributed by atoms with Gasteiger partial charge in [-0.1, -0.05) is 23.7 Å². The summed E-state index contributed by atoms with van der Waals surface area (Å²) in [6.45, 7) is 0. The summed E-state index contributed by atoms with van der Waals surface area (Å²) in [6, 6.07) is 10.3. The number of rotatable bonds is 3. The smallest absolute Gasteiger partial charge is 0.359 e. The van der Waals surface area contributed by atoms with Crippen LogP contribution in [0.3, 0.4) is 0 Å². The lowest BCUT2D eigenvalue weighted by atomic mass is 10.1. The maximum Gasteiger partial charge on any atom is 0.359 e. The minimum Gasteiger partial charge on any atom is -0.492 e. The number of ether oxygens (including phenoxy) is 2. The first-order valence-electron chi connectivity index (χ1n) is 8.19. The number of aromatic nitrogens is 2. The number of benzene rings is 2. The van der Waals surface area contributed by atoms with E-state index in [2.05, 4.69) is 20.6 Å². The molecule has 0 aliphatic carbocycles. The van der Waals surface area contributed by atoms with Gasteiger partial charge in [0.25, 0.3) is 0 Å². The number of esters is 1. The quantitative estimate of drug-likeness (QED) is 0.488. The number of nitrogens with one attached hydrogen (secondary N) is 2. The number of nitrogens with zero attached hydrogens (tertiary/aromatic N) is 2. The van der Waals surface area contributed by atoms with Crippen LogP contribution in [-0.2, 0) is 4.74 Å². The molecule has 2 heterocycles. The molecule has 142 valence electrons. The summed E-state index contributed by atoms with van der Waals surface area (Å²) >= 11 is 5.96. The minimum atomic E-state index is -0.727. The number of methoxy groups -OCH3 is 2. The van der Waals surface area contributed by atoms with Crippen molar-refractivity contribution in [2.45, 2.75) is 0 Å². The van der Waals surface area contributed by atoms with Gasteiger partial charge < -0.3 is 20.1 Å². The second-order valence-electron chi connectivity index (χ2n) is 5.85. The first-order chi connectivity index (χ1) is 13.5. The van der Waals surface area contributed by atoms with Crippen molar-refractivity contribution < 1.29 is 18.7 Å². The van der Waals surface area contributed by atoms with Crippen molar-refractivity contribution >= 4 is 40.5 Å². The number of carbonyl (C=O) groups excluding carboxylic acids is 1. The Balaban J connectivity index is 1.91. The monoisotopic (exact) mass is 400 g/mol. The Morgan fingerprint density at radius 2 is 1.79 bits per heavy atom. The van der Waals surface area contributed by atoms with Crippen LogP contribution in [0.5, 0.6) is 5.75 Å². The largest absolute Gasteiger partial charge is 0.492 e. The van der Waals surface area contributed by atoms with E-state index in [9.17, 15) is 9.18 Å². The average Bonchev–Trinajstić information content (AvgIpc) is 2.71. The molecular formula is C19H14ClFN4O3. The lowest BCUT2D eigenvalue weighted by molar-refractivity contribution is 0.0595. The highest BCUT2D eigenvalue weighted by Gasteiger charge is 2.27. The number of hydrogen-bond acceptors (Lipinski definition) is 7. The van der Waals surface area contributed by atoms with Crippen LogP contribution >= 0.6 is 11.6 Å². The molecule has 0 fully saturated rings. The second kappa shape index (κ2) is 6.97. The van der Waals surface area contributed by atoms with E-state index >= 15 is 0 Å². The van der Waals surface area contributed by atoms with Crippen LogP contribution in [0.4, 0.5) is 27.3 Å². The standard InChI is InChI=1S/C19H14ClFN4O3/c1-27-16-10(20)8-7-9(13(16)21)17-24-15(19(26)28-2)14-18(25-17)23-12-6-4-3-5-11(12)22-14/h3-8,22H,1-2H3,(H,23,24,25). The Bertz CT molecular complexity index is 1110. The maximum absolute atomic E-state index is 14.9. The van der Waals surface area contributed by atoms with Gasteiger partial charge in [0.2, 0.25) is 0 Å². The normalized spacial score (nSPS) is 11.6. The molecule has 0 bridgehead atoms. The fourth-order valence-electron chi connectivity index (χ4n) is 2.89. The number of hydrogen-bond donors (Lipinski definition) is 2. The molecule has 28 heavy (non-hydrogen) atoms. The van der Waals surface area contributed by atoms with Crippen LogP contribution in [-0.4, -0.2) is 30.2 Å². The third kappa shape index (κ3) is 2.87. The molecule has 4 rings (SSSR count). The van der Waals surface area contributed by atoms with Crippen LogP contribution in [0, 0.1) is 5.82 Å². The predicted molar refractivity (Wildman–Crippen MR) is 103 cm³/mol. The van der Waals surface area contributed by atoms with Gasteiger partial charge in [-0.15, -0.1) is 0 Å². The van der Waals surface area contributed by atoms with Crippen molar-refractivity contribution in [3.05, 3.63) is 52.9 Å². The SMILES string of the molecule is COC(=O)c1nc(-c2ccc(Cl)c(OC)c2F)nc2c1Nc1ccccc1N2. The second-order valence-corrected chi connectivity index (χ2v) is 6.26. The zero-order valence-electron chi connectivity index (χ0n) is 14.8. The number of anilines is 4. The van der Waals surface area contributed by atoms with E-state index in [0.717, 1.165) is 11.4 Å². The van der Waals surface area contributed by atoms with Crippen molar-refractivity contribution in [2.75, 3.05) is 24.9 Å². The maximum atomic E-state index is 14.9. The Kier molecular flexibility index (Phi) is 4.48. The topological polar surface area (TPSA) is 85.4 Å². The van der Waals surface area contributed by atoms with Gasteiger partial charge in [-0.3, -0.25) is 0 Å². The number of carbonyl (C=O) groups is 1. The molecule has 0 unspecified atom stereocenters. The molecule has 7 nitrogen and oxygen atoms in total. The Labute approximate surface area is 164 Å². The Morgan fingerprint density at radius 3 is 2.46 bits per heavy atom. The van der Waals surface area contributed by atoms with Crippen molar-refractivity contribution in [3.8, 4) is 17.1 Å². The van der Waals surface area contributed by atoms with Crippen LogP contribution in [0.25, 0.3) is 11.4 Å². The minimum absolute atomic E-state index is 0.0136. The molecule has 3 aromatic rings. The predicted octanol–water partition coefficient (Wildman–Crippen LogP) is 4.53. The Hall–Kier alpha value is -3.39. The van der Waals surface area contributed by atoms with Crippen LogP contribution in [0.2, 0.25) is 5.02 Å². The molecule has 0 saturated heterocycles. The van der Waals surface area contributed by atoms with E-state index in [-0.39, 0.29) is 27.9 Å². The van der Waals surface area contributed by atoms with E-state index in [4.69, 9.17) is 21.1 Å². The van der Waals surface area contributed by atoms with Gasteiger partial charge in [0.05, 0.1) is 36.2 Å². The lowest BCUT2D eigenvalue weighted by Crippen LogP contribution is -2.16. The first kappa shape index (κ1) is 18.0. The molecule has 2 N–H and O–H groups in total. The highest BCUT2D eigenvalue weighted by Crippen LogP contribution is 2.41. The summed E-state index contributed by atoms with van der Waals surface area (Å²) < 4.78 is 24.7. The summed E-state index contributed by atoms with van der Waals surface area (Å²) in [5.74, 6) is -1.24. The van der Waals surface area contributed by atoms with Gasteiger partial charge in [0, 0.05) is 0 Å². The van der Waals surface area contributed by atoms with Crippen molar-refractivity contribution in [2.24, 2.45) is 0 Å². The third-order valence-electron chi connectivity index (χ3n) is 4.22. The van der Waals surface area contributed by atoms with Crippen molar-refractivity contribution in [3.63, 3.8) is 0 Å². The zero-order chi connectivity index (χ0) is 19.8. The van der Waals surface area contributed by atoms with Crippen molar-refractivity contribution in [1.29, 1.82) is 0 Å². The van der Waals surface area contributed by atoms with Crippen LogP contribution in [0.15, 0.2) is 36.4 Å². The highest BCUT2D eigenvalue weighted by molar-refractivity contribution is 6.32. The fraction of sp³-hybridized carbons (Fsp3) is 0.105. The van der Waals surface area contributed by atoms with Gasteiger partial charge >= 0.3 is 5.97 Å². The van der Waals surface area contributed by atoms with Gasteiger partial charge in [0.1, 0.15) is 5.69 Å². The average molecular weight is 401 g/mol. The van der Waals surface area contributed by atoms with E-state index < -0.39 is 11.8 Å². The van der Waals surface area contributed by atoms with Crippen LogP contribution in [0.1, 0.15) is 10.5 Å². The molecule has 0 spiro atoms. The molecule has 0 radical (unpaired) electrons. The lowest BCUT2D eigenvalue weighted by Gasteiger charge is -2.23. The molecule has 0 atom stereocenters. The number of halogens is 2.